The average molecular weight is 530 g/mol. The van der Waals surface area contributed by atoms with Crippen LogP contribution in [0.3, 0.4) is 0 Å². The van der Waals surface area contributed by atoms with Crippen LogP contribution in [-0.2, 0) is 11.3 Å². The number of benzene rings is 2. The summed E-state index contributed by atoms with van der Waals surface area (Å²) in [5.41, 5.74) is 9.62. The van der Waals surface area contributed by atoms with Crippen molar-refractivity contribution in [1.82, 2.24) is 19.4 Å². The minimum atomic E-state index is -0.458. The first-order chi connectivity index (χ1) is 18.9. The van der Waals surface area contributed by atoms with Crippen molar-refractivity contribution >= 4 is 40.0 Å². The molecule has 0 saturated carbocycles. The Labute approximate surface area is 225 Å². The molecule has 0 unspecified atom stereocenters. The second-order valence-electron chi connectivity index (χ2n) is 9.34. The van der Waals surface area contributed by atoms with Gasteiger partial charge in [0.05, 0.1) is 37.0 Å². The van der Waals surface area contributed by atoms with E-state index in [2.05, 4.69) is 25.5 Å². The van der Waals surface area contributed by atoms with E-state index in [1.165, 1.54) is 6.33 Å². The predicted molar refractivity (Wildman–Crippen MR) is 149 cm³/mol. The molecule has 1 aliphatic heterocycles. The number of nitrogens with one attached hydrogen (secondary N) is 2. The van der Waals surface area contributed by atoms with Crippen LogP contribution in [-0.4, -0.2) is 71.2 Å². The molecule has 4 aromatic rings. The number of nitrogens with two attached hydrogens (primary N) is 1. The quantitative estimate of drug-likeness (QED) is 0.295. The topological polar surface area (TPSA) is 137 Å². The molecule has 2 aromatic carbocycles. The van der Waals surface area contributed by atoms with E-state index in [-0.39, 0.29) is 11.6 Å². The largest absolute Gasteiger partial charge is 0.495 e. The minimum absolute atomic E-state index is 0.240. The maximum absolute atomic E-state index is 13.7. The molecule has 1 aliphatic rings. The smallest absolute Gasteiger partial charge is 0.323 e. The second-order valence-corrected chi connectivity index (χ2v) is 9.34. The first kappa shape index (κ1) is 26.1. The van der Waals surface area contributed by atoms with Crippen molar-refractivity contribution in [1.29, 1.82) is 0 Å². The molecule has 4 N–H and O–H groups in total. The first-order valence-corrected chi connectivity index (χ1v) is 12.7. The van der Waals surface area contributed by atoms with E-state index >= 15 is 0 Å². The number of urea groups is 1. The summed E-state index contributed by atoms with van der Waals surface area (Å²) in [6.45, 7) is 6.53. The molecule has 11 heteroatoms. The number of carbonyl (C=O) groups is 2. The van der Waals surface area contributed by atoms with Crippen LogP contribution < -0.4 is 21.1 Å². The van der Waals surface area contributed by atoms with E-state index in [0.29, 0.717) is 59.0 Å². The number of aryl methyl sites for hydroxylation is 1. The molecule has 2 amide bonds. The summed E-state index contributed by atoms with van der Waals surface area (Å²) >= 11 is 0. The van der Waals surface area contributed by atoms with Gasteiger partial charge in [0.2, 0.25) is 0 Å². The third kappa shape index (κ3) is 5.84. The molecule has 0 radical (unpaired) electrons. The highest BCUT2D eigenvalue weighted by Gasteiger charge is 2.21. The van der Waals surface area contributed by atoms with Gasteiger partial charge in [0.15, 0.2) is 5.78 Å². The van der Waals surface area contributed by atoms with Gasteiger partial charge in [-0.2, -0.15) is 0 Å². The predicted octanol–water partition coefficient (Wildman–Crippen LogP) is 3.54. The lowest BCUT2D eigenvalue weighted by molar-refractivity contribution is 0.0365. The molecule has 0 bridgehead atoms. The summed E-state index contributed by atoms with van der Waals surface area (Å²) in [6.07, 6.45) is 3.19. The van der Waals surface area contributed by atoms with Crippen molar-refractivity contribution in [2.75, 3.05) is 56.3 Å². The standard InChI is InChI=1S/C28H31N7O4/c1-18-6-7-23(38-2)22(14-18)33-28(37)32-20-5-3-4-19(15-20)25(36)21-16-35(9-8-34-10-12-39-13-11-34)27-24(21)26(29)30-17-31-27/h3-7,14-17H,8-13H2,1-2H3,(H2,29,30,31)(H2,32,33,37). The van der Waals surface area contributed by atoms with Crippen molar-refractivity contribution < 1.29 is 19.1 Å². The number of amides is 2. The van der Waals surface area contributed by atoms with Crippen LogP contribution in [0.15, 0.2) is 55.0 Å². The number of rotatable bonds is 8. The number of hydrogen-bond donors (Lipinski definition) is 3. The Morgan fingerprint density at radius 3 is 2.69 bits per heavy atom. The van der Waals surface area contributed by atoms with Gasteiger partial charge in [-0.1, -0.05) is 18.2 Å². The number of hydrogen-bond acceptors (Lipinski definition) is 8. The fourth-order valence-electron chi connectivity index (χ4n) is 4.66. The van der Waals surface area contributed by atoms with E-state index < -0.39 is 6.03 Å². The van der Waals surface area contributed by atoms with Crippen molar-refractivity contribution in [2.45, 2.75) is 13.5 Å². The monoisotopic (exact) mass is 529 g/mol. The van der Waals surface area contributed by atoms with Gasteiger partial charge in [-0.3, -0.25) is 9.69 Å². The third-order valence-corrected chi connectivity index (χ3v) is 6.67. The third-order valence-electron chi connectivity index (χ3n) is 6.67. The molecular weight excluding hydrogens is 498 g/mol. The zero-order chi connectivity index (χ0) is 27.4. The maximum Gasteiger partial charge on any atom is 0.323 e. The van der Waals surface area contributed by atoms with E-state index in [4.69, 9.17) is 15.2 Å². The lowest BCUT2D eigenvalue weighted by atomic mass is 10.0. The van der Waals surface area contributed by atoms with E-state index in [0.717, 1.165) is 25.2 Å². The number of ketones is 1. The Bertz CT molecular complexity index is 1510. The van der Waals surface area contributed by atoms with Crippen LogP contribution >= 0.6 is 0 Å². The Morgan fingerprint density at radius 2 is 1.90 bits per heavy atom. The summed E-state index contributed by atoms with van der Waals surface area (Å²) in [5, 5.41) is 6.11. The van der Waals surface area contributed by atoms with Gasteiger partial charge in [0, 0.05) is 43.6 Å². The zero-order valence-corrected chi connectivity index (χ0v) is 21.9. The Kier molecular flexibility index (Phi) is 7.71. The lowest BCUT2D eigenvalue weighted by Gasteiger charge is -2.26. The van der Waals surface area contributed by atoms with E-state index in [1.807, 2.05) is 23.6 Å². The highest BCUT2D eigenvalue weighted by atomic mass is 16.5. The molecular formula is C28H31N7O4. The van der Waals surface area contributed by atoms with Crippen LogP contribution in [0, 0.1) is 6.92 Å². The van der Waals surface area contributed by atoms with Gasteiger partial charge in [-0.05, 0) is 36.8 Å². The zero-order valence-electron chi connectivity index (χ0n) is 21.9. The molecule has 1 fully saturated rings. The van der Waals surface area contributed by atoms with E-state index in [9.17, 15) is 9.59 Å². The summed E-state index contributed by atoms with van der Waals surface area (Å²) in [6, 6.07) is 11.8. The van der Waals surface area contributed by atoms with Crippen LogP contribution in [0.2, 0.25) is 0 Å². The molecule has 2 aromatic heterocycles. The minimum Gasteiger partial charge on any atom is -0.495 e. The summed E-state index contributed by atoms with van der Waals surface area (Å²) in [7, 11) is 1.54. The number of nitrogen functional groups attached to an aromatic ring is 1. The van der Waals surface area contributed by atoms with Gasteiger partial charge in [-0.25, -0.2) is 14.8 Å². The number of ether oxygens (including phenoxy) is 2. The number of methoxy groups -OCH3 is 1. The molecule has 3 heterocycles. The van der Waals surface area contributed by atoms with Gasteiger partial charge in [0.25, 0.3) is 0 Å². The van der Waals surface area contributed by atoms with Gasteiger partial charge in [-0.15, -0.1) is 0 Å². The SMILES string of the molecule is COc1ccc(C)cc1NC(=O)Nc1cccc(C(=O)c2cn(CCN3CCOCC3)c3ncnc(N)c23)c1. The summed E-state index contributed by atoms with van der Waals surface area (Å²) in [4.78, 5) is 37.3. The van der Waals surface area contributed by atoms with Gasteiger partial charge in [0.1, 0.15) is 23.5 Å². The number of carbonyl (C=O) groups excluding carboxylic acids is 2. The lowest BCUT2D eigenvalue weighted by Crippen LogP contribution is -2.38. The van der Waals surface area contributed by atoms with Crippen molar-refractivity contribution in [3.63, 3.8) is 0 Å². The number of aromatic nitrogens is 3. The number of morpholine rings is 1. The van der Waals surface area contributed by atoms with Crippen molar-refractivity contribution in [2.24, 2.45) is 0 Å². The van der Waals surface area contributed by atoms with Crippen LogP contribution in [0.25, 0.3) is 11.0 Å². The van der Waals surface area contributed by atoms with E-state index in [1.54, 1.807) is 43.6 Å². The van der Waals surface area contributed by atoms with Crippen LogP contribution in [0.4, 0.5) is 22.0 Å². The van der Waals surface area contributed by atoms with Crippen molar-refractivity contribution in [3.8, 4) is 5.75 Å². The molecule has 0 spiro atoms. The number of anilines is 3. The number of nitrogens with zero attached hydrogens (tertiary/aromatic N) is 4. The molecule has 0 atom stereocenters. The summed E-state index contributed by atoms with van der Waals surface area (Å²) < 4.78 is 12.7. The first-order valence-electron chi connectivity index (χ1n) is 12.7. The number of fused-ring (bicyclic) bond motifs is 1. The van der Waals surface area contributed by atoms with Gasteiger partial charge < -0.3 is 30.4 Å². The molecule has 0 aliphatic carbocycles. The highest BCUT2D eigenvalue weighted by Crippen LogP contribution is 2.28. The molecule has 1 saturated heterocycles. The Hall–Kier alpha value is -4.48. The Balaban J connectivity index is 1.36. The van der Waals surface area contributed by atoms with Crippen LogP contribution in [0.1, 0.15) is 21.5 Å². The van der Waals surface area contributed by atoms with Gasteiger partial charge >= 0.3 is 6.03 Å². The molecule has 5 rings (SSSR count). The summed E-state index contributed by atoms with van der Waals surface area (Å²) in [5.74, 6) is 0.551. The van der Waals surface area contributed by atoms with Crippen molar-refractivity contribution in [3.05, 3.63) is 71.7 Å². The normalized spacial score (nSPS) is 13.8. The molecule has 202 valence electrons. The average Bonchev–Trinajstić information content (AvgIpc) is 3.32. The fourth-order valence-corrected chi connectivity index (χ4v) is 4.66. The Morgan fingerprint density at radius 1 is 1.08 bits per heavy atom. The van der Waals surface area contributed by atoms with Crippen LogP contribution in [0.5, 0.6) is 5.75 Å². The fraction of sp³-hybridized carbons (Fsp3) is 0.286. The highest BCUT2D eigenvalue weighted by molar-refractivity contribution is 6.18. The second kappa shape index (κ2) is 11.5. The molecule has 39 heavy (non-hydrogen) atoms. The maximum atomic E-state index is 13.7. The molecule has 11 nitrogen and oxygen atoms in total.